The molecule has 0 saturated carbocycles. The van der Waals surface area contributed by atoms with Crippen LogP contribution < -0.4 is 15.8 Å². The fraction of sp³-hybridized carbons (Fsp3) is 0.261. The van der Waals surface area contributed by atoms with E-state index < -0.39 is 0 Å². The molecule has 1 aliphatic rings. The summed E-state index contributed by atoms with van der Waals surface area (Å²) < 4.78 is 5.69. The average molecular weight is 359 g/mol. The minimum Gasteiger partial charge on any atom is -0.494 e. The highest BCUT2D eigenvalue weighted by Crippen LogP contribution is 2.36. The molecule has 3 aromatic rings. The molecule has 3 aromatic carbocycles. The Morgan fingerprint density at radius 2 is 1.81 bits per heavy atom. The van der Waals surface area contributed by atoms with Gasteiger partial charge in [-0.2, -0.15) is 0 Å². The number of unbranched alkanes of at least 4 members (excludes halogenated alkanes) is 1. The highest BCUT2D eigenvalue weighted by atomic mass is 16.5. The first-order valence-corrected chi connectivity index (χ1v) is 9.62. The van der Waals surface area contributed by atoms with E-state index in [0.29, 0.717) is 5.96 Å². The lowest BCUT2D eigenvalue weighted by Crippen LogP contribution is -2.21. The van der Waals surface area contributed by atoms with Crippen LogP contribution in [0.25, 0.3) is 10.8 Å². The van der Waals surface area contributed by atoms with Crippen LogP contribution in [0.2, 0.25) is 0 Å². The molecule has 0 amide bonds. The minimum absolute atomic E-state index is 0.383. The zero-order chi connectivity index (χ0) is 18.6. The third kappa shape index (κ3) is 3.75. The normalized spacial score (nSPS) is 13.1. The lowest BCUT2D eigenvalue weighted by molar-refractivity contribution is 0.309. The molecule has 3 N–H and O–H groups in total. The molecule has 4 heteroatoms. The summed E-state index contributed by atoms with van der Waals surface area (Å²) in [6.07, 6.45) is 4.42. The second kappa shape index (κ2) is 7.70. The molecule has 4 rings (SSSR count). The molecule has 0 bridgehead atoms. The summed E-state index contributed by atoms with van der Waals surface area (Å²) >= 11 is 0. The molecule has 0 atom stereocenters. The lowest BCUT2D eigenvalue weighted by Gasteiger charge is -2.09. The third-order valence-corrected chi connectivity index (χ3v) is 4.99. The van der Waals surface area contributed by atoms with Crippen LogP contribution in [0.3, 0.4) is 0 Å². The Morgan fingerprint density at radius 3 is 2.59 bits per heavy atom. The van der Waals surface area contributed by atoms with Gasteiger partial charge in [0.05, 0.1) is 12.3 Å². The predicted molar refractivity (Wildman–Crippen MR) is 113 cm³/mol. The Morgan fingerprint density at radius 1 is 1.04 bits per heavy atom. The quantitative estimate of drug-likeness (QED) is 0.362. The number of nitrogens with zero attached hydrogens (tertiary/aromatic N) is 1. The zero-order valence-corrected chi connectivity index (χ0v) is 15.7. The number of hydrogen-bond donors (Lipinski definition) is 2. The fourth-order valence-corrected chi connectivity index (χ4v) is 3.60. The van der Waals surface area contributed by atoms with Gasteiger partial charge in [0.2, 0.25) is 0 Å². The van der Waals surface area contributed by atoms with Crippen LogP contribution in [-0.4, -0.2) is 12.6 Å². The Labute approximate surface area is 160 Å². The molecule has 0 aliphatic heterocycles. The van der Waals surface area contributed by atoms with Crippen molar-refractivity contribution in [2.75, 3.05) is 11.9 Å². The summed E-state index contributed by atoms with van der Waals surface area (Å²) in [4.78, 5) is 4.63. The number of anilines is 1. The maximum absolute atomic E-state index is 6.16. The van der Waals surface area contributed by atoms with E-state index in [2.05, 4.69) is 47.6 Å². The maximum atomic E-state index is 6.16. The molecule has 27 heavy (non-hydrogen) atoms. The number of rotatable bonds is 6. The topological polar surface area (TPSA) is 59.6 Å². The van der Waals surface area contributed by atoms with E-state index in [9.17, 15) is 0 Å². The molecule has 0 heterocycles. The molecule has 0 radical (unpaired) electrons. The van der Waals surface area contributed by atoms with Gasteiger partial charge < -0.3 is 15.8 Å². The van der Waals surface area contributed by atoms with Gasteiger partial charge >= 0.3 is 0 Å². The van der Waals surface area contributed by atoms with E-state index in [1.54, 1.807) is 0 Å². The predicted octanol–water partition coefficient (Wildman–Crippen LogP) is 5.18. The van der Waals surface area contributed by atoms with Gasteiger partial charge in [-0.3, -0.25) is 0 Å². The first-order valence-electron chi connectivity index (χ1n) is 9.62. The van der Waals surface area contributed by atoms with Gasteiger partial charge in [0, 0.05) is 11.1 Å². The smallest absolute Gasteiger partial charge is 0.198 e. The van der Waals surface area contributed by atoms with Crippen LogP contribution in [0.1, 0.15) is 30.9 Å². The Hall–Kier alpha value is -3.01. The molecule has 138 valence electrons. The van der Waals surface area contributed by atoms with Crippen molar-refractivity contribution in [2.24, 2.45) is 10.7 Å². The van der Waals surface area contributed by atoms with Crippen LogP contribution >= 0.6 is 0 Å². The molecule has 0 spiro atoms. The number of nitrogens with two attached hydrogens (primary N) is 1. The van der Waals surface area contributed by atoms with Gasteiger partial charge in [-0.05, 0) is 66.1 Å². The van der Waals surface area contributed by atoms with Crippen molar-refractivity contribution in [1.29, 1.82) is 0 Å². The van der Waals surface area contributed by atoms with Crippen molar-refractivity contribution < 1.29 is 4.74 Å². The number of aliphatic imine (C=N–C) groups is 1. The summed E-state index contributed by atoms with van der Waals surface area (Å²) in [5.41, 5.74) is 10.8. The van der Waals surface area contributed by atoms with E-state index in [-0.39, 0.29) is 0 Å². The fourth-order valence-electron chi connectivity index (χ4n) is 3.60. The lowest BCUT2D eigenvalue weighted by atomic mass is 10.0. The van der Waals surface area contributed by atoms with Gasteiger partial charge in [-0.15, -0.1) is 0 Å². The monoisotopic (exact) mass is 359 g/mol. The van der Waals surface area contributed by atoms with Crippen LogP contribution in [0.15, 0.2) is 59.6 Å². The van der Waals surface area contributed by atoms with E-state index in [4.69, 9.17) is 10.5 Å². The van der Waals surface area contributed by atoms with Gasteiger partial charge in [-0.25, -0.2) is 4.99 Å². The standard InChI is InChI=1S/C23H25N3O/c1-2-3-15-27-19-12-10-18(11-13-19)25-23(24)26-21-14-9-17-8-7-16-5-4-6-20(21)22(16)17/h4-6,9-14H,2-3,7-8,15H2,1H3,(H3,24,25,26). The summed E-state index contributed by atoms with van der Waals surface area (Å²) in [7, 11) is 0. The van der Waals surface area contributed by atoms with Gasteiger partial charge in [0.1, 0.15) is 5.75 Å². The summed E-state index contributed by atoms with van der Waals surface area (Å²) in [5.74, 6) is 1.25. The van der Waals surface area contributed by atoms with E-state index in [1.807, 2.05) is 24.3 Å². The van der Waals surface area contributed by atoms with E-state index in [1.165, 1.54) is 21.9 Å². The van der Waals surface area contributed by atoms with Crippen LogP contribution in [0.4, 0.5) is 11.4 Å². The second-order valence-corrected chi connectivity index (χ2v) is 6.93. The average Bonchev–Trinajstić information content (AvgIpc) is 3.10. The van der Waals surface area contributed by atoms with Gasteiger partial charge in [-0.1, -0.05) is 37.6 Å². The molecule has 4 nitrogen and oxygen atoms in total. The third-order valence-electron chi connectivity index (χ3n) is 4.99. The summed E-state index contributed by atoms with van der Waals surface area (Å²) in [6, 6.07) is 18.5. The first kappa shape index (κ1) is 17.4. The number of nitrogens with one attached hydrogen (secondary N) is 1. The molecule has 0 aromatic heterocycles. The molecular formula is C23H25N3O. The largest absolute Gasteiger partial charge is 0.494 e. The molecule has 0 fully saturated rings. The highest BCUT2D eigenvalue weighted by Gasteiger charge is 2.15. The highest BCUT2D eigenvalue weighted by molar-refractivity contribution is 6.02. The van der Waals surface area contributed by atoms with Gasteiger partial charge in [0.15, 0.2) is 5.96 Å². The van der Waals surface area contributed by atoms with Crippen LogP contribution in [0, 0.1) is 0 Å². The van der Waals surface area contributed by atoms with E-state index >= 15 is 0 Å². The van der Waals surface area contributed by atoms with E-state index in [0.717, 1.165) is 49.4 Å². The van der Waals surface area contributed by atoms with Crippen molar-refractivity contribution in [3.05, 3.63) is 65.7 Å². The van der Waals surface area contributed by atoms with Crippen LogP contribution in [0.5, 0.6) is 5.75 Å². The van der Waals surface area contributed by atoms with Crippen molar-refractivity contribution in [2.45, 2.75) is 32.6 Å². The first-order chi connectivity index (χ1) is 13.2. The molecule has 0 saturated heterocycles. The second-order valence-electron chi connectivity index (χ2n) is 6.93. The number of benzene rings is 3. The Balaban J connectivity index is 1.51. The number of ether oxygens (including phenoxy) is 1. The van der Waals surface area contributed by atoms with Crippen molar-refractivity contribution in [3.8, 4) is 5.75 Å². The van der Waals surface area contributed by atoms with Crippen molar-refractivity contribution in [1.82, 2.24) is 0 Å². The Bertz CT molecular complexity index is 967. The van der Waals surface area contributed by atoms with Crippen LogP contribution in [-0.2, 0) is 12.8 Å². The summed E-state index contributed by atoms with van der Waals surface area (Å²) in [6.45, 7) is 2.90. The summed E-state index contributed by atoms with van der Waals surface area (Å²) in [5, 5.41) is 5.69. The maximum Gasteiger partial charge on any atom is 0.198 e. The van der Waals surface area contributed by atoms with Crippen molar-refractivity contribution in [3.63, 3.8) is 0 Å². The minimum atomic E-state index is 0.383. The molecular weight excluding hydrogens is 334 g/mol. The molecule has 1 aliphatic carbocycles. The number of aryl methyl sites for hydroxylation is 2. The van der Waals surface area contributed by atoms with Crippen molar-refractivity contribution >= 4 is 28.1 Å². The number of guanidine groups is 1. The zero-order valence-electron chi connectivity index (χ0n) is 15.7. The van der Waals surface area contributed by atoms with Gasteiger partial charge in [0.25, 0.3) is 0 Å². The SMILES string of the molecule is CCCCOc1ccc(NC(N)=Nc2ccc3c4c(cccc24)CC3)cc1. The Kier molecular flexibility index (Phi) is 4.97. The molecule has 0 unspecified atom stereocenters. The number of hydrogen-bond acceptors (Lipinski definition) is 2.